The Bertz CT molecular complexity index is 734. The summed E-state index contributed by atoms with van der Waals surface area (Å²) >= 11 is 0. The maximum absolute atomic E-state index is 12.4. The molecule has 1 amide bonds. The van der Waals surface area contributed by atoms with E-state index in [4.69, 9.17) is 4.74 Å². The monoisotopic (exact) mass is 397 g/mol. The number of amides is 1. The molecule has 1 unspecified atom stereocenters. The van der Waals surface area contributed by atoms with Crippen LogP contribution >= 0.6 is 0 Å². The van der Waals surface area contributed by atoms with E-state index in [1.165, 1.54) is 0 Å². The van der Waals surface area contributed by atoms with Gasteiger partial charge in [0.05, 0.1) is 0 Å². The van der Waals surface area contributed by atoms with Crippen LogP contribution in [-0.2, 0) is 4.79 Å². The molecule has 2 aromatic rings. The highest BCUT2D eigenvalue weighted by molar-refractivity contribution is 5.92. The molecule has 1 N–H and O–H groups in total. The van der Waals surface area contributed by atoms with E-state index in [2.05, 4.69) is 9.80 Å². The van der Waals surface area contributed by atoms with Crippen LogP contribution in [0.15, 0.2) is 60.7 Å². The number of ether oxygens (including phenoxy) is 1. The molecule has 2 aromatic carbocycles. The van der Waals surface area contributed by atoms with Gasteiger partial charge in [0.25, 0.3) is 0 Å². The van der Waals surface area contributed by atoms with Crippen LogP contribution in [0.4, 0.5) is 5.69 Å². The van der Waals surface area contributed by atoms with Gasteiger partial charge in [-0.15, -0.1) is 0 Å². The van der Waals surface area contributed by atoms with Gasteiger partial charge in [0.15, 0.2) is 0 Å². The van der Waals surface area contributed by atoms with E-state index < -0.39 is 6.10 Å². The van der Waals surface area contributed by atoms with Crippen molar-refractivity contribution in [2.24, 2.45) is 0 Å². The number of benzene rings is 2. The van der Waals surface area contributed by atoms with Crippen LogP contribution in [0, 0.1) is 0 Å². The third kappa shape index (κ3) is 6.85. The number of hydrogen-bond acceptors (Lipinski definition) is 5. The van der Waals surface area contributed by atoms with Gasteiger partial charge in [-0.2, -0.15) is 0 Å². The Labute approximate surface area is 173 Å². The fourth-order valence-electron chi connectivity index (χ4n) is 3.47. The second-order valence-corrected chi connectivity index (χ2v) is 7.46. The molecule has 6 heteroatoms. The Kier molecular flexibility index (Phi) is 8.04. The van der Waals surface area contributed by atoms with Crippen LogP contribution in [0.3, 0.4) is 0 Å². The summed E-state index contributed by atoms with van der Waals surface area (Å²) in [4.78, 5) is 18.7. The van der Waals surface area contributed by atoms with Crippen LogP contribution in [0.25, 0.3) is 0 Å². The van der Waals surface area contributed by atoms with Gasteiger partial charge in [-0.05, 0) is 24.3 Å². The zero-order valence-electron chi connectivity index (χ0n) is 17.1. The number of β-amino-alcohol motifs (C(OH)–C–C–N with tert-alkyl or cyclic N) is 1. The van der Waals surface area contributed by atoms with E-state index >= 15 is 0 Å². The molecule has 1 heterocycles. The highest BCUT2D eigenvalue weighted by Gasteiger charge is 2.20. The maximum Gasteiger partial charge on any atom is 0.228 e. The van der Waals surface area contributed by atoms with Crippen LogP contribution in [0.1, 0.15) is 6.42 Å². The van der Waals surface area contributed by atoms with Crippen molar-refractivity contribution >= 4 is 11.6 Å². The molecule has 6 nitrogen and oxygen atoms in total. The van der Waals surface area contributed by atoms with Crippen molar-refractivity contribution in [3.8, 4) is 5.75 Å². The molecular weight excluding hydrogens is 366 g/mol. The largest absolute Gasteiger partial charge is 0.491 e. The van der Waals surface area contributed by atoms with Crippen molar-refractivity contribution in [1.82, 2.24) is 9.80 Å². The molecule has 1 aliphatic rings. The maximum atomic E-state index is 12.4. The number of para-hydroxylation sites is 2. The Balaban J connectivity index is 1.32. The predicted octanol–water partition coefficient (Wildman–Crippen LogP) is 2.10. The molecule has 0 saturated carbocycles. The third-order valence-electron chi connectivity index (χ3n) is 5.28. The van der Waals surface area contributed by atoms with Gasteiger partial charge in [-0.3, -0.25) is 9.69 Å². The molecule has 1 saturated heterocycles. The Morgan fingerprint density at radius 2 is 1.59 bits per heavy atom. The summed E-state index contributed by atoms with van der Waals surface area (Å²) in [6, 6.07) is 19.3. The fraction of sp³-hybridized carbons (Fsp3) is 0.435. The molecule has 0 bridgehead atoms. The first kappa shape index (κ1) is 21.3. The van der Waals surface area contributed by atoms with Gasteiger partial charge in [0, 0.05) is 58.4 Å². The SMILES string of the molecule is CN(C(=O)CCN1CCN(CC(O)COc2ccccc2)CC1)c1ccccc1. The number of hydrogen-bond donors (Lipinski definition) is 1. The lowest BCUT2D eigenvalue weighted by molar-refractivity contribution is -0.118. The number of carbonyl (C=O) groups excluding carboxylic acids is 1. The molecule has 1 atom stereocenters. The minimum absolute atomic E-state index is 0.132. The van der Waals surface area contributed by atoms with Crippen LogP contribution < -0.4 is 9.64 Å². The van der Waals surface area contributed by atoms with Gasteiger partial charge in [-0.25, -0.2) is 0 Å². The molecule has 0 aromatic heterocycles. The minimum Gasteiger partial charge on any atom is -0.491 e. The lowest BCUT2D eigenvalue weighted by atomic mass is 10.2. The average molecular weight is 398 g/mol. The number of aliphatic hydroxyl groups excluding tert-OH is 1. The molecule has 3 rings (SSSR count). The van der Waals surface area contributed by atoms with Crippen LogP contribution in [0.5, 0.6) is 5.75 Å². The molecule has 1 fully saturated rings. The Hall–Kier alpha value is -2.41. The van der Waals surface area contributed by atoms with Gasteiger partial charge >= 0.3 is 0 Å². The molecule has 1 aliphatic heterocycles. The predicted molar refractivity (Wildman–Crippen MR) is 115 cm³/mol. The van der Waals surface area contributed by atoms with E-state index in [1.807, 2.05) is 67.7 Å². The molecule has 0 radical (unpaired) electrons. The molecule has 0 aliphatic carbocycles. The Morgan fingerprint density at radius 1 is 1.00 bits per heavy atom. The lowest BCUT2D eigenvalue weighted by Crippen LogP contribution is -2.49. The number of anilines is 1. The highest BCUT2D eigenvalue weighted by Crippen LogP contribution is 2.13. The zero-order valence-corrected chi connectivity index (χ0v) is 17.1. The van der Waals surface area contributed by atoms with Crippen molar-refractivity contribution < 1.29 is 14.6 Å². The summed E-state index contributed by atoms with van der Waals surface area (Å²) in [5, 5.41) is 10.2. The van der Waals surface area contributed by atoms with E-state index in [0.717, 1.165) is 44.2 Å². The van der Waals surface area contributed by atoms with Crippen molar-refractivity contribution in [1.29, 1.82) is 0 Å². The number of carbonyl (C=O) groups is 1. The lowest BCUT2D eigenvalue weighted by Gasteiger charge is -2.35. The van der Waals surface area contributed by atoms with E-state index in [9.17, 15) is 9.90 Å². The fourth-order valence-corrected chi connectivity index (χ4v) is 3.47. The number of piperazine rings is 1. The van der Waals surface area contributed by atoms with Crippen molar-refractivity contribution in [2.75, 3.05) is 57.8 Å². The quantitative estimate of drug-likeness (QED) is 0.702. The van der Waals surface area contributed by atoms with Crippen molar-refractivity contribution in [3.05, 3.63) is 60.7 Å². The summed E-state index contributed by atoms with van der Waals surface area (Å²) in [7, 11) is 1.83. The van der Waals surface area contributed by atoms with Crippen molar-refractivity contribution in [2.45, 2.75) is 12.5 Å². The second-order valence-electron chi connectivity index (χ2n) is 7.46. The molecule has 0 spiro atoms. The Morgan fingerprint density at radius 3 is 2.24 bits per heavy atom. The van der Waals surface area contributed by atoms with Gasteiger partial charge in [-0.1, -0.05) is 36.4 Å². The molecular formula is C23H31N3O3. The number of aliphatic hydroxyl groups is 1. The summed E-state index contributed by atoms with van der Waals surface area (Å²) in [5.41, 5.74) is 0.925. The summed E-state index contributed by atoms with van der Waals surface area (Å²) in [5.74, 6) is 0.911. The minimum atomic E-state index is -0.511. The molecule has 156 valence electrons. The topological polar surface area (TPSA) is 56.3 Å². The summed E-state index contributed by atoms with van der Waals surface area (Å²) in [6.45, 7) is 5.28. The van der Waals surface area contributed by atoms with E-state index in [-0.39, 0.29) is 5.91 Å². The van der Waals surface area contributed by atoms with Crippen LogP contribution in [0.2, 0.25) is 0 Å². The van der Waals surface area contributed by atoms with Gasteiger partial charge < -0.3 is 19.6 Å². The normalized spacial score (nSPS) is 16.3. The number of rotatable bonds is 9. The first-order valence-corrected chi connectivity index (χ1v) is 10.2. The first-order valence-electron chi connectivity index (χ1n) is 10.2. The second kappa shape index (κ2) is 11.0. The van der Waals surface area contributed by atoms with Gasteiger partial charge in [0.1, 0.15) is 18.5 Å². The van der Waals surface area contributed by atoms with Crippen molar-refractivity contribution in [3.63, 3.8) is 0 Å². The van der Waals surface area contributed by atoms with Gasteiger partial charge in [0.2, 0.25) is 5.91 Å². The summed E-state index contributed by atoms with van der Waals surface area (Å²) in [6.07, 6.45) is 0.00159. The van der Waals surface area contributed by atoms with Crippen LogP contribution in [-0.4, -0.2) is 79.8 Å². The number of nitrogens with zero attached hydrogens (tertiary/aromatic N) is 3. The molecule has 29 heavy (non-hydrogen) atoms. The third-order valence-corrected chi connectivity index (χ3v) is 5.28. The summed E-state index contributed by atoms with van der Waals surface area (Å²) < 4.78 is 5.63. The van der Waals surface area contributed by atoms with E-state index in [1.54, 1.807) is 4.90 Å². The standard InChI is InChI=1S/C23H31N3O3/c1-24(20-8-4-2-5-9-20)23(28)12-13-25-14-16-26(17-15-25)18-21(27)19-29-22-10-6-3-7-11-22/h2-11,21,27H,12-19H2,1H3. The van der Waals surface area contributed by atoms with E-state index in [0.29, 0.717) is 19.6 Å². The smallest absolute Gasteiger partial charge is 0.228 e. The zero-order chi connectivity index (χ0) is 20.5. The highest BCUT2D eigenvalue weighted by atomic mass is 16.5. The average Bonchev–Trinajstić information content (AvgIpc) is 2.78. The first-order chi connectivity index (χ1) is 14.1.